The summed E-state index contributed by atoms with van der Waals surface area (Å²) in [4.78, 5) is 17.3. The zero-order valence-electron chi connectivity index (χ0n) is 14.5. The third-order valence-electron chi connectivity index (χ3n) is 3.48. The van der Waals surface area contributed by atoms with Crippen molar-refractivity contribution >= 4 is 29.1 Å². The maximum Gasteiger partial charge on any atom is 0.227 e. The topological polar surface area (TPSA) is 84.9 Å². The molecule has 1 atom stereocenters. The minimum absolute atomic E-state index is 0.133. The number of halogens is 1. The van der Waals surface area contributed by atoms with Crippen molar-refractivity contribution in [2.24, 2.45) is 0 Å². The molecule has 0 bridgehead atoms. The second-order valence-corrected chi connectivity index (χ2v) is 6.13. The van der Waals surface area contributed by atoms with E-state index in [0.29, 0.717) is 34.8 Å². The molecule has 0 aliphatic rings. The van der Waals surface area contributed by atoms with Crippen molar-refractivity contribution in [2.45, 2.75) is 13.0 Å². The van der Waals surface area contributed by atoms with Gasteiger partial charge in [0.15, 0.2) is 0 Å². The van der Waals surface area contributed by atoms with Crippen molar-refractivity contribution < 1.29 is 4.74 Å². The van der Waals surface area contributed by atoms with E-state index in [9.17, 15) is 0 Å². The fourth-order valence-electron chi connectivity index (χ4n) is 2.38. The number of nitrogens with one attached hydrogen (secondary N) is 2. The summed E-state index contributed by atoms with van der Waals surface area (Å²) in [7, 11) is 1.67. The number of hydrogen-bond donors (Lipinski definition) is 2. The lowest BCUT2D eigenvalue weighted by molar-refractivity contribution is 0.190. The molecule has 1 aromatic carbocycles. The van der Waals surface area contributed by atoms with E-state index in [0.717, 1.165) is 5.69 Å². The van der Waals surface area contributed by atoms with Gasteiger partial charge in [-0.3, -0.25) is 0 Å². The van der Waals surface area contributed by atoms with Crippen LogP contribution in [0.4, 0.5) is 17.5 Å². The van der Waals surface area contributed by atoms with Crippen molar-refractivity contribution in [1.29, 1.82) is 0 Å². The Hall–Kier alpha value is -2.77. The third kappa shape index (κ3) is 4.87. The molecule has 0 fully saturated rings. The van der Waals surface area contributed by atoms with Gasteiger partial charge in [0.05, 0.1) is 18.0 Å². The minimum Gasteiger partial charge on any atom is -0.383 e. The van der Waals surface area contributed by atoms with E-state index in [4.69, 9.17) is 16.3 Å². The third-order valence-corrected chi connectivity index (χ3v) is 3.71. The van der Waals surface area contributed by atoms with Gasteiger partial charge in [-0.05, 0) is 31.2 Å². The molecule has 0 radical (unpaired) electrons. The Labute approximate surface area is 156 Å². The van der Waals surface area contributed by atoms with Gasteiger partial charge in [0.1, 0.15) is 12.1 Å². The molecule has 8 heteroatoms. The second-order valence-electron chi connectivity index (χ2n) is 5.69. The van der Waals surface area contributed by atoms with Crippen molar-refractivity contribution in [2.75, 3.05) is 24.4 Å². The van der Waals surface area contributed by atoms with E-state index in [1.54, 1.807) is 19.4 Å². The molecular weight excluding hydrogens is 352 g/mol. The van der Waals surface area contributed by atoms with E-state index in [1.807, 2.05) is 37.3 Å². The van der Waals surface area contributed by atoms with Gasteiger partial charge in [-0.15, -0.1) is 0 Å². The van der Waals surface area contributed by atoms with Gasteiger partial charge in [-0.2, -0.15) is 0 Å². The number of hydrogen-bond acceptors (Lipinski definition) is 7. The van der Waals surface area contributed by atoms with Crippen LogP contribution in [-0.4, -0.2) is 39.7 Å². The molecule has 3 aromatic rings. The monoisotopic (exact) mass is 370 g/mol. The van der Waals surface area contributed by atoms with Crippen LogP contribution in [0.1, 0.15) is 6.92 Å². The first kappa shape index (κ1) is 18.0. The first-order chi connectivity index (χ1) is 12.6. The highest BCUT2D eigenvalue weighted by molar-refractivity contribution is 6.30. The molecule has 0 spiro atoms. The Morgan fingerprint density at radius 1 is 1.12 bits per heavy atom. The quantitative estimate of drug-likeness (QED) is 0.654. The Morgan fingerprint density at radius 3 is 2.81 bits per heavy atom. The molecule has 0 aliphatic heterocycles. The number of anilines is 3. The molecule has 0 saturated carbocycles. The molecule has 2 aromatic heterocycles. The summed E-state index contributed by atoms with van der Waals surface area (Å²) in [6.45, 7) is 2.60. The summed E-state index contributed by atoms with van der Waals surface area (Å²) in [6, 6.07) is 11.1. The summed E-state index contributed by atoms with van der Waals surface area (Å²) in [6.07, 6.45) is 3.18. The standard InChI is InChI=1S/C18H19ClN6O/c1-12(10-26-2)23-17-9-16(21-11-22-17)15-6-7-20-18(25-15)24-14-5-3-4-13(19)8-14/h3-9,11-12H,10H2,1-2H3,(H,20,24,25)(H,21,22,23). The summed E-state index contributed by atoms with van der Waals surface area (Å²) in [5.41, 5.74) is 2.20. The van der Waals surface area contributed by atoms with Crippen molar-refractivity contribution in [3.8, 4) is 11.4 Å². The smallest absolute Gasteiger partial charge is 0.227 e. The van der Waals surface area contributed by atoms with Crippen LogP contribution in [0.5, 0.6) is 0 Å². The van der Waals surface area contributed by atoms with Crippen LogP contribution in [-0.2, 0) is 4.74 Å². The fraction of sp³-hybridized carbons (Fsp3) is 0.222. The summed E-state index contributed by atoms with van der Waals surface area (Å²) >= 11 is 6.01. The van der Waals surface area contributed by atoms with E-state index in [2.05, 4.69) is 30.6 Å². The lowest BCUT2D eigenvalue weighted by Gasteiger charge is -2.13. The molecule has 2 N–H and O–H groups in total. The molecule has 3 rings (SSSR count). The normalized spacial score (nSPS) is 11.8. The Kier molecular flexibility index (Phi) is 5.93. The van der Waals surface area contributed by atoms with E-state index in [-0.39, 0.29) is 6.04 Å². The average molecular weight is 371 g/mol. The number of aromatic nitrogens is 4. The van der Waals surface area contributed by atoms with Crippen LogP contribution < -0.4 is 10.6 Å². The summed E-state index contributed by atoms with van der Waals surface area (Å²) in [5.74, 6) is 1.17. The number of rotatable bonds is 7. The largest absolute Gasteiger partial charge is 0.383 e. The molecule has 2 heterocycles. The number of benzene rings is 1. The van der Waals surface area contributed by atoms with E-state index in [1.165, 1.54) is 6.33 Å². The highest BCUT2D eigenvalue weighted by Gasteiger charge is 2.08. The predicted molar refractivity (Wildman–Crippen MR) is 103 cm³/mol. The first-order valence-electron chi connectivity index (χ1n) is 8.07. The molecule has 0 amide bonds. The summed E-state index contributed by atoms with van der Waals surface area (Å²) in [5, 5.41) is 7.04. The maximum absolute atomic E-state index is 6.01. The van der Waals surface area contributed by atoms with Gasteiger partial charge in [0.2, 0.25) is 5.95 Å². The first-order valence-corrected chi connectivity index (χ1v) is 8.45. The molecule has 7 nitrogen and oxygen atoms in total. The molecule has 26 heavy (non-hydrogen) atoms. The second kappa shape index (κ2) is 8.55. The zero-order valence-corrected chi connectivity index (χ0v) is 15.2. The Morgan fingerprint density at radius 2 is 2.00 bits per heavy atom. The lowest BCUT2D eigenvalue weighted by atomic mass is 10.2. The molecular formula is C18H19ClN6O. The molecule has 1 unspecified atom stereocenters. The van der Waals surface area contributed by atoms with Crippen LogP contribution in [0, 0.1) is 0 Å². The van der Waals surface area contributed by atoms with Gasteiger partial charge in [0.25, 0.3) is 0 Å². The van der Waals surface area contributed by atoms with Crippen LogP contribution in [0.25, 0.3) is 11.4 Å². The predicted octanol–water partition coefficient (Wildman–Crippen LogP) is 3.78. The van der Waals surface area contributed by atoms with Gasteiger partial charge in [0, 0.05) is 36.1 Å². The van der Waals surface area contributed by atoms with Crippen LogP contribution in [0.3, 0.4) is 0 Å². The zero-order chi connectivity index (χ0) is 18.4. The van der Waals surface area contributed by atoms with Gasteiger partial charge < -0.3 is 15.4 Å². The summed E-state index contributed by atoms with van der Waals surface area (Å²) < 4.78 is 5.13. The van der Waals surface area contributed by atoms with Crippen molar-refractivity contribution in [3.63, 3.8) is 0 Å². The van der Waals surface area contributed by atoms with Gasteiger partial charge in [-0.25, -0.2) is 19.9 Å². The van der Waals surface area contributed by atoms with Crippen molar-refractivity contribution in [1.82, 2.24) is 19.9 Å². The molecule has 0 aliphatic carbocycles. The average Bonchev–Trinajstić information content (AvgIpc) is 2.62. The number of ether oxygens (including phenoxy) is 1. The minimum atomic E-state index is 0.133. The SMILES string of the molecule is COCC(C)Nc1cc(-c2ccnc(Nc3cccc(Cl)c3)n2)ncn1. The lowest BCUT2D eigenvalue weighted by Crippen LogP contribution is -2.21. The highest BCUT2D eigenvalue weighted by Crippen LogP contribution is 2.21. The van der Waals surface area contributed by atoms with Gasteiger partial charge >= 0.3 is 0 Å². The fourth-order valence-corrected chi connectivity index (χ4v) is 2.57. The van der Waals surface area contributed by atoms with Gasteiger partial charge in [-0.1, -0.05) is 17.7 Å². The van der Waals surface area contributed by atoms with Crippen LogP contribution >= 0.6 is 11.6 Å². The van der Waals surface area contributed by atoms with Crippen molar-refractivity contribution in [3.05, 3.63) is 53.9 Å². The van der Waals surface area contributed by atoms with E-state index >= 15 is 0 Å². The molecule has 134 valence electrons. The molecule has 0 saturated heterocycles. The number of nitrogens with zero attached hydrogens (tertiary/aromatic N) is 4. The van der Waals surface area contributed by atoms with Crippen LogP contribution in [0.15, 0.2) is 48.9 Å². The Balaban J connectivity index is 1.79. The Bertz CT molecular complexity index is 876. The van der Waals surface area contributed by atoms with E-state index < -0.39 is 0 Å². The number of methoxy groups -OCH3 is 1. The van der Waals surface area contributed by atoms with Crippen LogP contribution in [0.2, 0.25) is 5.02 Å². The maximum atomic E-state index is 6.01. The highest BCUT2D eigenvalue weighted by atomic mass is 35.5.